The third kappa shape index (κ3) is 3.99. The van der Waals surface area contributed by atoms with E-state index in [4.69, 9.17) is 0 Å². The van der Waals surface area contributed by atoms with Gasteiger partial charge in [0.2, 0.25) is 0 Å². The Morgan fingerprint density at radius 1 is 0.419 bits per heavy atom. The highest BCUT2D eigenvalue weighted by Crippen LogP contribution is 2.39. The molecule has 0 atom stereocenters. The summed E-state index contributed by atoms with van der Waals surface area (Å²) >= 11 is 0. The lowest BCUT2D eigenvalue weighted by atomic mass is 10.0. The number of anilines is 3. The molecule has 0 bridgehead atoms. The van der Waals surface area contributed by atoms with Gasteiger partial charge in [-0.2, -0.15) is 0 Å². The Kier molecular flexibility index (Phi) is 5.32. The molecular formula is C30H23N. The molecule has 31 heavy (non-hydrogen) atoms. The lowest BCUT2D eigenvalue weighted by molar-refractivity contribution is 1.30. The van der Waals surface area contributed by atoms with Crippen molar-refractivity contribution in [3.63, 3.8) is 0 Å². The van der Waals surface area contributed by atoms with Gasteiger partial charge in [0.15, 0.2) is 0 Å². The standard InChI is InChI=1S/C30H23N/c1-4-12-24(13-5-1)20-21-25-22-23-30(29-19-11-10-18-28(25)29)31(26-14-6-2-7-15-26)27-16-8-3-9-17-27/h1-23H/b21-20+. The quantitative estimate of drug-likeness (QED) is 0.269. The van der Waals surface area contributed by atoms with E-state index in [2.05, 4.69) is 138 Å². The second-order valence-electron chi connectivity index (χ2n) is 7.47. The predicted molar refractivity (Wildman–Crippen MR) is 134 cm³/mol. The van der Waals surface area contributed by atoms with E-state index in [0.717, 1.165) is 11.4 Å². The van der Waals surface area contributed by atoms with Gasteiger partial charge in [-0.1, -0.05) is 109 Å². The van der Waals surface area contributed by atoms with Crippen molar-refractivity contribution in [2.75, 3.05) is 4.90 Å². The molecule has 148 valence electrons. The van der Waals surface area contributed by atoms with Crippen molar-refractivity contribution in [1.29, 1.82) is 0 Å². The summed E-state index contributed by atoms with van der Waals surface area (Å²) in [5, 5.41) is 2.47. The zero-order valence-electron chi connectivity index (χ0n) is 17.2. The molecule has 5 aromatic rings. The summed E-state index contributed by atoms with van der Waals surface area (Å²) in [5.41, 5.74) is 5.87. The molecule has 0 N–H and O–H groups in total. The molecule has 5 aromatic carbocycles. The molecule has 1 heteroatoms. The van der Waals surface area contributed by atoms with Crippen LogP contribution in [0.4, 0.5) is 17.1 Å². The summed E-state index contributed by atoms with van der Waals surface area (Å²) in [7, 11) is 0. The van der Waals surface area contributed by atoms with Crippen molar-refractivity contribution in [2.24, 2.45) is 0 Å². The van der Waals surface area contributed by atoms with Gasteiger partial charge in [0.1, 0.15) is 0 Å². The van der Waals surface area contributed by atoms with Gasteiger partial charge in [-0.15, -0.1) is 0 Å². The van der Waals surface area contributed by atoms with Gasteiger partial charge < -0.3 is 4.90 Å². The van der Waals surface area contributed by atoms with E-state index in [1.165, 1.54) is 27.6 Å². The molecule has 0 saturated carbocycles. The van der Waals surface area contributed by atoms with Crippen LogP contribution in [0.1, 0.15) is 11.1 Å². The van der Waals surface area contributed by atoms with Gasteiger partial charge >= 0.3 is 0 Å². The first kappa shape index (κ1) is 18.9. The van der Waals surface area contributed by atoms with Gasteiger partial charge in [0.25, 0.3) is 0 Å². The van der Waals surface area contributed by atoms with Crippen molar-refractivity contribution in [3.8, 4) is 0 Å². The maximum Gasteiger partial charge on any atom is 0.0540 e. The van der Waals surface area contributed by atoms with Gasteiger partial charge in [-0.3, -0.25) is 0 Å². The van der Waals surface area contributed by atoms with E-state index in [0.29, 0.717) is 0 Å². The molecule has 0 saturated heterocycles. The molecule has 0 radical (unpaired) electrons. The fraction of sp³-hybridized carbons (Fsp3) is 0. The zero-order valence-corrected chi connectivity index (χ0v) is 17.2. The number of benzene rings is 5. The Balaban J connectivity index is 1.67. The average molecular weight is 398 g/mol. The third-order valence-corrected chi connectivity index (χ3v) is 5.46. The van der Waals surface area contributed by atoms with E-state index in [9.17, 15) is 0 Å². The van der Waals surface area contributed by atoms with Crippen LogP contribution in [-0.4, -0.2) is 0 Å². The van der Waals surface area contributed by atoms with Crippen LogP contribution >= 0.6 is 0 Å². The van der Waals surface area contributed by atoms with Crippen LogP contribution in [0.5, 0.6) is 0 Å². The third-order valence-electron chi connectivity index (χ3n) is 5.46. The molecule has 0 unspecified atom stereocenters. The molecule has 0 aliphatic heterocycles. The van der Waals surface area contributed by atoms with E-state index < -0.39 is 0 Å². The highest BCUT2D eigenvalue weighted by Gasteiger charge is 2.15. The Bertz CT molecular complexity index is 1270. The first-order chi connectivity index (χ1) is 15.4. The molecule has 1 nitrogen and oxygen atoms in total. The Morgan fingerprint density at radius 3 is 1.55 bits per heavy atom. The topological polar surface area (TPSA) is 3.24 Å². The Morgan fingerprint density at radius 2 is 0.935 bits per heavy atom. The van der Waals surface area contributed by atoms with Crippen LogP contribution in [0.15, 0.2) is 127 Å². The minimum atomic E-state index is 1.14. The molecular weight excluding hydrogens is 374 g/mol. The van der Waals surface area contributed by atoms with E-state index in [1.807, 2.05) is 6.07 Å². The highest BCUT2D eigenvalue weighted by atomic mass is 15.1. The summed E-state index contributed by atoms with van der Waals surface area (Å²) < 4.78 is 0. The molecule has 0 aromatic heterocycles. The Labute approximate surface area is 183 Å². The predicted octanol–water partition coefficient (Wildman–Crippen LogP) is 8.48. The largest absolute Gasteiger partial charge is 0.310 e. The summed E-state index contributed by atoms with van der Waals surface area (Å²) in [4.78, 5) is 2.33. The van der Waals surface area contributed by atoms with Gasteiger partial charge in [-0.25, -0.2) is 0 Å². The maximum atomic E-state index is 2.33. The lowest BCUT2D eigenvalue weighted by Crippen LogP contribution is -2.10. The second kappa shape index (κ2) is 8.73. The summed E-state index contributed by atoms with van der Waals surface area (Å²) in [6.07, 6.45) is 4.38. The molecule has 5 rings (SSSR count). The zero-order chi connectivity index (χ0) is 20.9. The Hall–Kier alpha value is -4.10. The molecule has 0 spiro atoms. The summed E-state index contributed by atoms with van der Waals surface area (Å²) in [5.74, 6) is 0. The van der Waals surface area contributed by atoms with Crippen LogP contribution in [0.3, 0.4) is 0 Å². The SMILES string of the molecule is C(=C\c1ccc(N(c2ccccc2)c2ccccc2)c2ccccc12)/c1ccccc1. The van der Waals surface area contributed by atoms with Crippen LogP contribution < -0.4 is 4.90 Å². The molecule has 0 aliphatic carbocycles. The highest BCUT2D eigenvalue weighted by molar-refractivity contribution is 6.03. The second-order valence-corrected chi connectivity index (χ2v) is 7.47. The van der Waals surface area contributed by atoms with Crippen molar-refractivity contribution in [3.05, 3.63) is 139 Å². The fourth-order valence-corrected chi connectivity index (χ4v) is 3.98. The van der Waals surface area contributed by atoms with Crippen molar-refractivity contribution < 1.29 is 0 Å². The number of hydrogen-bond donors (Lipinski definition) is 0. The maximum absolute atomic E-state index is 2.33. The monoisotopic (exact) mass is 397 g/mol. The normalized spacial score (nSPS) is 11.1. The molecule has 0 amide bonds. The number of hydrogen-bond acceptors (Lipinski definition) is 1. The van der Waals surface area contributed by atoms with E-state index >= 15 is 0 Å². The van der Waals surface area contributed by atoms with E-state index in [-0.39, 0.29) is 0 Å². The van der Waals surface area contributed by atoms with Crippen LogP contribution in [0.25, 0.3) is 22.9 Å². The lowest BCUT2D eigenvalue weighted by Gasteiger charge is -2.27. The number of para-hydroxylation sites is 2. The molecule has 0 aliphatic rings. The van der Waals surface area contributed by atoms with Crippen LogP contribution in [-0.2, 0) is 0 Å². The first-order valence-electron chi connectivity index (χ1n) is 10.6. The minimum Gasteiger partial charge on any atom is -0.310 e. The number of fused-ring (bicyclic) bond motifs is 1. The fourth-order valence-electron chi connectivity index (χ4n) is 3.98. The van der Waals surface area contributed by atoms with Crippen molar-refractivity contribution in [2.45, 2.75) is 0 Å². The van der Waals surface area contributed by atoms with Crippen LogP contribution in [0, 0.1) is 0 Å². The first-order valence-corrected chi connectivity index (χ1v) is 10.6. The van der Waals surface area contributed by atoms with Crippen molar-refractivity contribution in [1.82, 2.24) is 0 Å². The van der Waals surface area contributed by atoms with Crippen LogP contribution in [0.2, 0.25) is 0 Å². The number of nitrogens with zero attached hydrogens (tertiary/aromatic N) is 1. The van der Waals surface area contributed by atoms with E-state index in [1.54, 1.807) is 0 Å². The van der Waals surface area contributed by atoms with Crippen molar-refractivity contribution >= 4 is 40.0 Å². The summed E-state index contributed by atoms with van der Waals surface area (Å²) in [6.45, 7) is 0. The molecule has 0 heterocycles. The smallest absolute Gasteiger partial charge is 0.0540 e. The summed E-state index contributed by atoms with van der Waals surface area (Å²) in [6, 6.07) is 44.6. The number of rotatable bonds is 5. The van der Waals surface area contributed by atoms with Gasteiger partial charge in [0, 0.05) is 16.8 Å². The molecule has 0 fully saturated rings. The minimum absolute atomic E-state index is 1.14. The van der Waals surface area contributed by atoms with Gasteiger partial charge in [0.05, 0.1) is 5.69 Å². The average Bonchev–Trinajstić information content (AvgIpc) is 2.85. The van der Waals surface area contributed by atoms with Gasteiger partial charge in [-0.05, 0) is 46.8 Å².